The quantitative estimate of drug-likeness (QED) is 0.336. The Morgan fingerprint density at radius 1 is 1.05 bits per heavy atom. The monoisotopic (exact) mass is 557 g/mol. The topological polar surface area (TPSA) is 135 Å². The molecule has 4 aliphatic rings. The Morgan fingerprint density at radius 3 is 2.37 bits per heavy atom. The zero-order chi connectivity index (χ0) is 28.2. The number of rotatable bonds is 8. The molecule has 4 aliphatic carbocycles. The first-order chi connectivity index (χ1) is 17.6. The molecule has 0 unspecified atom stereocenters. The van der Waals surface area contributed by atoms with Gasteiger partial charge in [0.1, 0.15) is 0 Å². The van der Waals surface area contributed by atoms with Crippen molar-refractivity contribution in [3.05, 3.63) is 0 Å². The lowest BCUT2D eigenvalue weighted by Crippen LogP contribution is -2.65. The van der Waals surface area contributed by atoms with E-state index in [4.69, 9.17) is 4.55 Å². The number of nitrogens with zero attached hydrogens (tertiary/aromatic N) is 1. The van der Waals surface area contributed by atoms with Crippen LogP contribution in [0.1, 0.15) is 85.5 Å². The number of hydrogen-bond acceptors (Lipinski definition) is 6. The maximum absolute atomic E-state index is 12.6. The van der Waals surface area contributed by atoms with E-state index in [0.29, 0.717) is 19.3 Å². The molecule has 0 heterocycles. The van der Waals surface area contributed by atoms with Gasteiger partial charge >= 0.3 is 0 Å². The number of hydrogen-bond donors (Lipinski definition) is 4. The number of aliphatic hydroxyl groups is 3. The highest BCUT2D eigenvalue weighted by Crippen LogP contribution is 2.69. The summed E-state index contributed by atoms with van der Waals surface area (Å²) >= 11 is 0. The molecular weight excluding hydrogens is 506 g/mol. The largest absolute Gasteiger partial charge is 0.393 e. The van der Waals surface area contributed by atoms with E-state index in [1.165, 1.54) is 4.90 Å². The first-order valence-corrected chi connectivity index (χ1v) is 16.5. The minimum atomic E-state index is -4.11. The minimum Gasteiger partial charge on any atom is -0.393 e. The molecule has 12 atom stereocenters. The van der Waals surface area contributed by atoms with Crippen molar-refractivity contribution in [2.24, 2.45) is 52.3 Å². The van der Waals surface area contributed by atoms with Crippen molar-refractivity contribution in [2.75, 3.05) is 19.3 Å². The Labute approximate surface area is 229 Å². The molecule has 1 amide bonds. The van der Waals surface area contributed by atoms with E-state index >= 15 is 0 Å². The van der Waals surface area contributed by atoms with Gasteiger partial charge in [-0.3, -0.25) is 9.35 Å². The lowest BCUT2D eigenvalue weighted by atomic mass is 9.41. The summed E-state index contributed by atoms with van der Waals surface area (Å²) in [7, 11) is -2.56. The van der Waals surface area contributed by atoms with Crippen LogP contribution in [-0.4, -0.2) is 76.8 Å². The van der Waals surface area contributed by atoms with Crippen molar-refractivity contribution in [1.29, 1.82) is 0 Å². The molecule has 0 aromatic rings. The molecule has 0 aromatic carbocycles. The zero-order valence-electron chi connectivity index (χ0n) is 23.9. The summed E-state index contributed by atoms with van der Waals surface area (Å²) < 4.78 is 31.1. The van der Waals surface area contributed by atoms with Crippen LogP contribution in [0.5, 0.6) is 0 Å². The van der Waals surface area contributed by atoms with Crippen LogP contribution in [0.2, 0.25) is 0 Å². The van der Waals surface area contributed by atoms with E-state index in [-0.39, 0.29) is 70.8 Å². The van der Waals surface area contributed by atoms with Gasteiger partial charge in [0.05, 0.1) is 24.1 Å². The number of fused-ring (bicyclic) bond motifs is 5. The van der Waals surface area contributed by atoms with Crippen molar-refractivity contribution in [3.63, 3.8) is 0 Å². The summed E-state index contributed by atoms with van der Waals surface area (Å²) in [5.41, 5.74) is -0.300. The molecule has 8 nitrogen and oxygen atoms in total. The third-order valence-corrected chi connectivity index (χ3v) is 12.9. The lowest BCUT2D eigenvalue weighted by Gasteiger charge is -2.65. The van der Waals surface area contributed by atoms with Crippen LogP contribution in [0.15, 0.2) is 0 Å². The first kappa shape index (κ1) is 30.2. The van der Waals surface area contributed by atoms with Gasteiger partial charge in [0.2, 0.25) is 5.91 Å². The van der Waals surface area contributed by atoms with Crippen LogP contribution in [0, 0.1) is 52.3 Å². The second kappa shape index (κ2) is 10.9. The molecule has 220 valence electrons. The Kier molecular flexibility index (Phi) is 8.68. The molecule has 0 aliphatic heterocycles. The highest BCUT2D eigenvalue weighted by molar-refractivity contribution is 7.85. The predicted molar refractivity (Wildman–Crippen MR) is 146 cm³/mol. The van der Waals surface area contributed by atoms with Crippen LogP contribution in [-0.2, 0) is 14.9 Å². The van der Waals surface area contributed by atoms with Gasteiger partial charge in [0.15, 0.2) is 0 Å². The van der Waals surface area contributed by atoms with Crippen LogP contribution >= 0.6 is 0 Å². The summed E-state index contributed by atoms with van der Waals surface area (Å²) in [5, 5.41) is 34.1. The van der Waals surface area contributed by atoms with Crippen LogP contribution in [0.3, 0.4) is 0 Å². The van der Waals surface area contributed by atoms with E-state index < -0.39 is 28.1 Å². The fourth-order valence-electron chi connectivity index (χ4n) is 10.0. The van der Waals surface area contributed by atoms with Crippen LogP contribution in [0.4, 0.5) is 0 Å². The standard InChI is InChI=1S/C29H51NO7S/c1-6-19-22-15-18(31)11-12-28(22,3)23-16-24(32)29(4)20(8-9-21(29)26(23)27(19)34)17(2)7-10-25(33)30(5)13-14-38(35,36)37/h17-24,26-27,31-32,34H,6-16H2,1-5H3,(H,35,36,37)/t17-,18-,19-,20-,21+,22+,23+,24+,26+,27-,28+,29-/m1/s1. The Balaban J connectivity index is 1.50. The molecule has 4 fully saturated rings. The normalized spacial score (nSPS) is 45.6. The third kappa shape index (κ3) is 5.19. The minimum absolute atomic E-state index is 0.0227. The molecule has 4 saturated carbocycles. The summed E-state index contributed by atoms with van der Waals surface area (Å²) in [5.74, 6) is 0.903. The molecule has 38 heavy (non-hydrogen) atoms. The second-order valence-electron chi connectivity index (χ2n) is 13.8. The molecular formula is C29H51NO7S. The molecule has 0 aromatic heterocycles. The number of aliphatic hydroxyl groups excluding tert-OH is 3. The Hall–Kier alpha value is -0.740. The van der Waals surface area contributed by atoms with Crippen LogP contribution in [0.25, 0.3) is 0 Å². The van der Waals surface area contributed by atoms with Gasteiger partial charge in [0, 0.05) is 20.0 Å². The first-order valence-electron chi connectivity index (χ1n) is 14.9. The molecule has 0 radical (unpaired) electrons. The van der Waals surface area contributed by atoms with Crippen molar-refractivity contribution >= 4 is 16.0 Å². The molecule has 0 spiro atoms. The predicted octanol–water partition coefficient (Wildman–Crippen LogP) is 3.35. The van der Waals surface area contributed by atoms with Gasteiger partial charge in [-0.15, -0.1) is 0 Å². The molecule has 9 heteroatoms. The molecule has 4 N–H and O–H groups in total. The average Bonchev–Trinajstić information content (AvgIpc) is 3.21. The van der Waals surface area contributed by atoms with Gasteiger partial charge in [0.25, 0.3) is 10.1 Å². The van der Waals surface area contributed by atoms with Gasteiger partial charge in [-0.1, -0.05) is 34.1 Å². The summed E-state index contributed by atoms with van der Waals surface area (Å²) in [4.78, 5) is 14.0. The number of carbonyl (C=O) groups is 1. The third-order valence-electron chi connectivity index (χ3n) is 12.2. The van der Waals surface area contributed by atoms with E-state index in [1.807, 2.05) is 0 Å². The van der Waals surface area contributed by atoms with Crippen molar-refractivity contribution in [3.8, 4) is 0 Å². The molecule has 0 bridgehead atoms. The zero-order valence-corrected chi connectivity index (χ0v) is 24.7. The smallest absolute Gasteiger partial charge is 0.266 e. The highest BCUT2D eigenvalue weighted by Gasteiger charge is 2.67. The van der Waals surface area contributed by atoms with Gasteiger partial charge in [-0.2, -0.15) is 8.42 Å². The Bertz CT molecular complexity index is 974. The number of carbonyl (C=O) groups excluding carboxylic acids is 1. The van der Waals surface area contributed by atoms with E-state index in [0.717, 1.165) is 38.5 Å². The average molecular weight is 558 g/mol. The molecule has 4 rings (SSSR count). The fourth-order valence-corrected chi connectivity index (χ4v) is 10.5. The van der Waals surface area contributed by atoms with E-state index in [1.54, 1.807) is 7.05 Å². The van der Waals surface area contributed by atoms with Crippen LogP contribution < -0.4 is 0 Å². The maximum atomic E-state index is 12.6. The summed E-state index contributed by atoms with van der Waals surface area (Å²) in [6.45, 7) is 8.87. The molecule has 0 saturated heterocycles. The second-order valence-corrected chi connectivity index (χ2v) is 15.4. The summed E-state index contributed by atoms with van der Waals surface area (Å²) in [6.07, 6.45) is 5.80. The van der Waals surface area contributed by atoms with E-state index in [2.05, 4.69) is 27.7 Å². The van der Waals surface area contributed by atoms with E-state index in [9.17, 15) is 28.5 Å². The highest BCUT2D eigenvalue weighted by atomic mass is 32.2. The maximum Gasteiger partial charge on any atom is 0.266 e. The van der Waals surface area contributed by atoms with Crippen molar-refractivity contribution in [2.45, 2.75) is 104 Å². The van der Waals surface area contributed by atoms with Crippen molar-refractivity contribution in [1.82, 2.24) is 4.90 Å². The lowest BCUT2D eigenvalue weighted by molar-refractivity contribution is -0.228. The van der Waals surface area contributed by atoms with Gasteiger partial charge < -0.3 is 20.2 Å². The Morgan fingerprint density at radius 2 is 1.74 bits per heavy atom. The fraction of sp³-hybridized carbons (Fsp3) is 0.966. The van der Waals surface area contributed by atoms with Gasteiger partial charge in [-0.05, 0) is 97.2 Å². The summed E-state index contributed by atoms with van der Waals surface area (Å²) in [6, 6.07) is 0. The van der Waals surface area contributed by atoms with Crippen molar-refractivity contribution < 1.29 is 33.1 Å². The van der Waals surface area contributed by atoms with Gasteiger partial charge in [-0.25, -0.2) is 0 Å². The number of amides is 1. The SMILES string of the molecule is CC[C@H]1[C@@H](O)[C@@H]2[C@H](C[C@H](O)[C@]3(C)[C@@H]([C@H](C)CCC(=O)N(C)CCS(=O)(=O)O)CC[C@@H]23)[C@@]2(C)CC[C@@H](O)C[C@@H]12.